The molecule has 84 valence electrons. The van der Waals surface area contributed by atoms with Crippen LogP contribution in [0.3, 0.4) is 0 Å². The quantitative estimate of drug-likeness (QED) is 0.769. The Morgan fingerprint density at radius 1 is 1.31 bits per heavy atom. The van der Waals surface area contributed by atoms with Crippen molar-refractivity contribution in [3.8, 4) is 0 Å². The van der Waals surface area contributed by atoms with E-state index in [4.69, 9.17) is 34.8 Å². The SMILES string of the molecule is Clc1ccc(Cl)c([C@@H](Cl)Cn2ccnc2)c1. The van der Waals surface area contributed by atoms with E-state index in [0.29, 0.717) is 16.6 Å². The Kier molecular flexibility index (Phi) is 3.74. The van der Waals surface area contributed by atoms with Gasteiger partial charge in [-0.1, -0.05) is 23.2 Å². The minimum atomic E-state index is -0.222. The molecule has 0 unspecified atom stereocenters. The van der Waals surface area contributed by atoms with Gasteiger partial charge in [-0.15, -0.1) is 11.6 Å². The van der Waals surface area contributed by atoms with Crippen molar-refractivity contribution in [2.75, 3.05) is 0 Å². The van der Waals surface area contributed by atoms with Crippen molar-refractivity contribution in [1.82, 2.24) is 9.55 Å². The molecule has 0 spiro atoms. The van der Waals surface area contributed by atoms with Crippen molar-refractivity contribution in [2.45, 2.75) is 11.9 Å². The number of aromatic nitrogens is 2. The first kappa shape index (κ1) is 11.8. The highest BCUT2D eigenvalue weighted by Gasteiger charge is 2.12. The molecule has 1 heterocycles. The smallest absolute Gasteiger partial charge is 0.0946 e. The Balaban J connectivity index is 2.20. The molecule has 0 aliphatic heterocycles. The molecule has 1 aromatic heterocycles. The molecule has 2 nitrogen and oxygen atoms in total. The normalized spacial score (nSPS) is 12.7. The van der Waals surface area contributed by atoms with Crippen molar-refractivity contribution in [1.29, 1.82) is 0 Å². The van der Waals surface area contributed by atoms with Crippen LogP contribution in [0.4, 0.5) is 0 Å². The Bertz CT molecular complexity index is 468. The zero-order chi connectivity index (χ0) is 11.5. The molecule has 1 atom stereocenters. The number of hydrogen-bond acceptors (Lipinski definition) is 1. The predicted octanol–water partition coefficient (Wildman–Crippen LogP) is 4.17. The molecule has 16 heavy (non-hydrogen) atoms. The lowest BCUT2D eigenvalue weighted by atomic mass is 10.1. The van der Waals surface area contributed by atoms with Crippen molar-refractivity contribution >= 4 is 34.8 Å². The molecule has 1 aromatic carbocycles. The zero-order valence-corrected chi connectivity index (χ0v) is 10.5. The fraction of sp³-hybridized carbons (Fsp3) is 0.182. The summed E-state index contributed by atoms with van der Waals surface area (Å²) in [6.07, 6.45) is 5.28. The van der Waals surface area contributed by atoms with Gasteiger partial charge in [-0.2, -0.15) is 0 Å². The van der Waals surface area contributed by atoms with E-state index >= 15 is 0 Å². The molecule has 2 aromatic rings. The molecular weight excluding hydrogens is 266 g/mol. The highest BCUT2D eigenvalue weighted by Crippen LogP contribution is 2.31. The molecule has 0 saturated heterocycles. The van der Waals surface area contributed by atoms with Crippen LogP contribution in [-0.4, -0.2) is 9.55 Å². The highest BCUT2D eigenvalue weighted by molar-refractivity contribution is 6.34. The standard InChI is InChI=1S/C11H9Cl3N2/c12-8-1-2-10(13)9(5-8)11(14)6-16-4-3-15-7-16/h1-5,7,11H,6H2/t11-/m0/s1. The number of imidazole rings is 1. The zero-order valence-electron chi connectivity index (χ0n) is 8.28. The van der Waals surface area contributed by atoms with Crippen LogP contribution in [0.1, 0.15) is 10.9 Å². The first-order chi connectivity index (χ1) is 7.66. The summed E-state index contributed by atoms with van der Waals surface area (Å²) in [5, 5.41) is 1.04. The molecule has 0 fully saturated rings. The number of halogens is 3. The molecule has 0 aliphatic rings. The number of alkyl halides is 1. The van der Waals surface area contributed by atoms with Crippen LogP contribution in [0.15, 0.2) is 36.9 Å². The van der Waals surface area contributed by atoms with Gasteiger partial charge in [-0.3, -0.25) is 0 Å². The number of nitrogens with zero attached hydrogens (tertiary/aromatic N) is 2. The lowest BCUT2D eigenvalue weighted by molar-refractivity contribution is 0.677. The van der Waals surface area contributed by atoms with E-state index in [0.717, 1.165) is 5.56 Å². The molecule has 5 heteroatoms. The largest absolute Gasteiger partial charge is 0.336 e. The lowest BCUT2D eigenvalue weighted by Crippen LogP contribution is -2.02. The summed E-state index contributed by atoms with van der Waals surface area (Å²) in [5.74, 6) is 0. The second-order valence-corrected chi connectivity index (χ2v) is 4.76. The average molecular weight is 276 g/mol. The first-order valence-electron chi connectivity index (χ1n) is 4.71. The van der Waals surface area contributed by atoms with Crippen molar-refractivity contribution in [2.24, 2.45) is 0 Å². The molecular formula is C11H9Cl3N2. The fourth-order valence-electron chi connectivity index (χ4n) is 1.43. The first-order valence-corrected chi connectivity index (χ1v) is 5.91. The molecule has 0 N–H and O–H groups in total. The van der Waals surface area contributed by atoms with E-state index in [1.807, 2.05) is 10.8 Å². The van der Waals surface area contributed by atoms with Crippen LogP contribution in [-0.2, 0) is 6.54 Å². The molecule has 0 radical (unpaired) electrons. The minimum absolute atomic E-state index is 0.222. The van der Waals surface area contributed by atoms with E-state index in [1.54, 1.807) is 30.7 Å². The van der Waals surface area contributed by atoms with Gasteiger partial charge < -0.3 is 4.57 Å². The fourth-order valence-corrected chi connectivity index (χ4v) is 2.26. The number of hydrogen-bond donors (Lipinski definition) is 0. The lowest BCUT2D eigenvalue weighted by Gasteiger charge is -2.12. The van der Waals surface area contributed by atoms with Gasteiger partial charge in [-0.05, 0) is 23.8 Å². The summed E-state index contributed by atoms with van der Waals surface area (Å²) in [7, 11) is 0. The predicted molar refractivity (Wildman–Crippen MR) is 67.3 cm³/mol. The third kappa shape index (κ3) is 2.70. The summed E-state index contributed by atoms with van der Waals surface area (Å²) < 4.78 is 1.90. The molecule has 0 saturated carbocycles. The van der Waals surface area contributed by atoms with Crippen LogP contribution in [0.25, 0.3) is 0 Å². The van der Waals surface area contributed by atoms with E-state index in [2.05, 4.69) is 4.98 Å². The van der Waals surface area contributed by atoms with E-state index in [9.17, 15) is 0 Å². The topological polar surface area (TPSA) is 17.8 Å². The average Bonchev–Trinajstić information content (AvgIpc) is 2.74. The van der Waals surface area contributed by atoms with Crippen LogP contribution in [0.2, 0.25) is 10.0 Å². The van der Waals surface area contributed by atoms with Crippen molar-refractivity contribution < 1.29 is 0 Å². The van der Waals surface area contributed by atoms with Crippen LogP contribution in [0, 0.1) is 0 Å². The number of rotatable bonds is 3. The van der Waals surface area contributed by atoms with Gasteiger partial charge >= 0.3 is 0 Å². The van der Waals surface area contributed by atoms with E-state index in [1.165, 1.54) is 0 Å². The maximum atomic E-state index is 6.28. The second-order valence-electron chi connectivity index (χ2n) is 3.39. The van der Waals surface area contributed by atoms with Gasteiger partial charge in [0.05, 0.1) is 11.7 Å². The Hall–Kier alpha value is -0.700. The summed E-state index contributed by atoms with van der Waals surface area (Å²) in [6.45, 7) is 0.613. The minimum Gasteiger partial charge on any atom is -0.336 e. The summed E-state index contributed by atoms with van der Waals surface area (Å²) in [4.78, 5) is 3.95. The van der Waals surface area contributed by atoms with Crippen LogP contribution < -0.4 is 0 Å². The van der Waals surface area contributed by atoms with Gasteiger partial charge in [-0.25, -0.2) is 4.98 Å². The third-order valence-electron chi connectivity index (χ3n) is 2.23. The Labute approximate surface area is 109 Å². The summed E-state index contributed by atoms with van der Waals surface area (Å²) >= 11 is 18.3. The van der Waals surface area contributed by atoms with Crippen molar-refractivity contribution in [3.63, 3.8) is 0 Å². The highest BCUT2D eigenvalue weighted by atomic mass is 35.5. The molecule has 0 aliphatic carbocycles. The van der Waals surface area contributed by atoms with Gasteiger partial charge in [0.15, 0.2) is 0 Å². The van der Waals surface area contributed by atoms with E-state index in [-0.39, 0.29) is 5.38 Å². The summed E-state index contributed by atoms with van der Waals surface area (Å²) in [5.41, 5.74) is 0.838. The summed E-state index contributed by atoms with van der Waals surface area (Å²) in [6, 6.07) is 5.29. The maximum Gasteiger partial charge on any atom is 0.0946 e. The van der Waals surface area contributed by atoms with Gasteiger partial charge in [0.1, 0.15) is 0 Å². The van der Waals surface area contributed by atoms with Gasteiger partial charge in [0, 0.05) is 29.0 Å². The molecule has 0 amide bonds. The third-order valence-corrected chi connectivity index (χ3v) is 3.18. The van der Waals surface area contributed by atoms with Gasteiger partial charge in [0.2, 0.25) is 0 Å². The van der Waals surface area contributed by atoms with Crippen LogP contribution in [0.5, 0.6) is 0 Å². The Morgan fingerprint density at radius 3 is 2.81 bits per heavy atom. The van der Waals surface area contributed by atoms with Gasteiger partial charge in [0.25, 0.3) is 0 Å². The van der Waals surface area contributed by atoms with E-state index < -0.39 is 0 Å². The maximum absolute atomic E-state index is 6.28. The molecule has 0 bridgehead atoms. The second kappa shape index (κ2) is 5.09. The monoisotopic (exact) mass is 274 g/mol. The van der Waals surface area contributed by atoms with Crippen LogP contribution >= 0.6 is 34.8 Å². The molecule has 2 rings (SSSR count). The number of benzene rings is 1. The van der Waals surface area contributed by atoms with Crippen molar-refractivity contribution in [3.05, 3.63) is 52.5 Å². The Morgan fingerprint density at radius 2 is 2.12 bits per heavy atom.